The van der Waals surface area contributed by atoms with Crippen molar-refractivity contribution in [2.75, 3.05) is 14.1 Å². The first-order valence-electron chi connectivity index (χ1n) is 4.02. The molecule has 0 spiro atoms. The molecular weight excluding hydrogens is 154 g/mol. The Hall–Kier alpha value is -0.770. The zero-order valence-corrected chi connectivity index (χ0v) is 8.51. The summed E-state index contributed by atoms with van der Waals surface area (Å²) in [5.41, 5.74) is 5.33. The van der Waals surface area contributed by atoms with E-state index in [1.54, 1.807) is 14.1 Å². The Labute approximate surface area is 74.1 Å². The van der Waals surface area contributed by atoms with Crippen LogP contribution in [-0.2, 0) is 0 Å². The standard InChI is InChI=1S/C8H19N3O/c1-6(9)8(2,3)10-7(12)11(4)5/h6H,9H2,1-5H3,(H,10,12). The number of urea groups is 1. The summed E-state index contributed by atoms with van der Waals surface area (Å²) in [6.45, 7) is 5.67. The first-order valence-corrected chi connectivity index (χ1v) is 4.02. The summed E-state index contributed by atoms with van der Waals surface area (Å²) in [5.74, 6) is 0. The van der Waals surface area contributed by atoms with Crippen LogP contribution in [0, 0.1) is 0 Å². The fourth-order valence-corrected chi connectivity index (χ4v) is 0.501. The van der Waals surface area contributed by atoms with Crippen molar-refractivity contribution in [1.82, 2.24) is 10.2 Å². The van der Waals surface area contributed by atoms with Gasteiger partial charge in [0.1, 0.15) is 0 Å². The lowest BCUT2D eigenvalue weighted by Crippen LogP contribution is -2.56. The summed E-state index contributed by atoms with van der Waals surface area (Å²) in [6.07, 6.45) is 0. The van der Waals surface area contributed by atoms with Crippen molar-refractivity contribution in [1.29, 1.82) is 0 Å². The van der Waals surface area contributed by atoms with E-state index in [0.29, 0.717) is 0 Å². The van der Waals surface area contributed by atoms with Crippen LogP contribution in [-0.4, -0.2) is 36.6 Å². The number of hydrogen-bond acceptors (Lipinski definition) is 2. The van der Waals surface area contributed by atoms with E-state index in [4.69, 9.17) is 5.73 Å². The van der Waals surface area contributed by atoms with Crippen LogP contribution in [0.5, 0.6) is 0 Å². The molecule has 0 aromatic rings. The van der Waals surface area contributed by atoms with Crippen LogP contribution in [0.4, 0.5) is 4.79 Å². The van der Waals surface area contributed by atoms with Crippen molar-refractivity contribution in [3.8, 4) is 0 Å². The molecular formula is C8H19N3O. The molecule has 4 heteroatoms. The van der Waals surface area contributed by atoms with Gasteiger partial charge in [-0.25, -0.2) is 4.79 Å². The number of hydrogen-bond donors (Lipinski definition) is 2. The second-order valence-electron chi connectivity index (χ2n) is 3.83. The molecule has 0 aliphatic rings. The molecule has 3 N–H and O–H groups in total. The summed E-state index contributed by atoms with van der Waals surface area (Å²) in [5, 5.41) is 2.82. The van der Waals surface area contributed by atoms with Gasteiger partial charge in [0, 0.05) is 20.1 Å². The largest absolute Gasteiger partial charge is 0.332 e. The van der Waals surface area contributed by atoms with Crippen LogP contribution < -0.4 is 11.1 Å². The minimum atomic E-state index is -0.360. The van der Waals surface area contributed by atoms with Gasteiger partial charge in [0.25, 0.3) is 0 Å². The van der Waals surface area contributed by atoms with E-state index in [1.165, 1.54) is 4.90 Å². The highest BCUT2D eigenvalue weighted by Crippen LogP contribution is 2.06. The molecule has 0 aromatic heterocycles. The highest BCUT2D eigenvalue weighted by molar-refractivity contribution is 5.74. The molecule has 0 rings (SSSR count). The Morgan fingerprint density at radius 1 is 1.50 bits per heavy atom. The van der Waals surface area contributed by atoms with Gasteiger partial charge in [-0.15, -0.1) is 0 Å². The minimum absolute atomic E-state index is 0.0681. The van der Waals surface area contributed by atoms with Crippen LogP contribution in [0.2, 0.25) is 0 Å². The Morgan fingerprint density at radius 3 is 2.17 bits per heavy atom. The van der Waals surface area contributed by atoms with E-state index in [2.05, 4.69) is 5.32 Å². The number of carbonyl (C=O) groups is 1. The van der Waals surface area contributed by atoms with Crippen molar-refractivity contribution >= 4 is 6.03 Å². The van der Waals surface area contributed by atoms with Gasteiger partial charge in [-0.2, -0.15) is 0 Å². The Morgan fingerprint density at radius 2 is 1.92 bits per heavy atom. The molecule has 72 valence electrons. The Balaban J connectivity index is 4.15. The highest BCUT2D eigenvalue weighted by Gasteiger charge is 2.25. The first kappa shape index (κ1) is 11.2. The molecule has 0 saturated carbocycles. The molecule has 0 bridgehead atoms. The number of nitrogens with one attached hydrogen (secondary N) is 1. The smallest absolute Gasteiger partial charge is 0.317 e. The van der Waals surface area contributed by atoms with E-state index in [1.807, 2.05) is 20.8 Å². The molecule has 0 radical (unpaired) electrons. The van der Waals surface area contributed by atoms with Gasteiger partial charge in [-0.05, 0) is 20.8 Å². The van der Waals surface area contributed by atoms with E-state index < -0.39 is 0 Å². The van der Waals surface area contributed by atoms with Gasteiger partial charge in [0.2, 0.25) is 0 Å². The summed E-state index contributed by atoms with van der Waals surface area (Å²) in [4.78, 5) is 12.7. The van der Waals surface area contributed by atoms with Crippen molar-refractivity contribution < 1.29 is 4.79 Å². The molecule has 4 nitrogen and oxygen atoms in total. The van der Waals surface area contributed by atoms with Gasteiger partial charge in [0.05, 0.1) is 5.54 Å². The molecule has 0 aliphatic heterocycles. The lowest BCUT2D eigenvalue weighted by atomic mass is 9.97. The highest BCUT2D eigenvalue weighted by atomic mass is 16.2. The fraction of sp³-hybridized carbons (Fsp3) is 0.875. The van der Waals surface area contributed by atoms with Crippen LogP contribution in [0.15, 0.2) is 0 Å². The molecule has 1 unspecified atom stereocenters. The zero-order chi connectivity index (χ0) is 9.94. The lowest BCUT2D eigenvalue weighted by Gasteiger charge is -2.31. The maximum Gasteiger partial charge on any atom is 0.317 e. The van der Waals surface area contributed by atoms with Gasteiger partial charge in [0.15, 0.2) is 0 Å². The summed E-state index contributed by atoms with van der Waals surface area (Å²) >= 11 is 0. The van der Waals surface area contributed by atoms with Crippen molar-refractivity contribution in [2.45, 2.75) is 32.4 Å². The van der Waals surface area contributed by atoms with Crippen molar-refractivity contribution in [3.05, 3.63) is 0 Å². The molecule has 0 aliphatic carbocycles. The van der Waals surface area contributed by atoms with E-state index in [9.17, 15) is 4.79 Å². The topological polar surface area (TPSA) is 58.4 Å². The van der Waals surface area contributed by atoms with Gasteiger partial charge < -0.3 is 16.0 Å². The molecule has 0 saturated heterocycles. The number of carbonyl (C=O) groups excluding carboxylic acids is 1. The minimum Gasteiger partial charge on any atom is -0.332 e. The molecule has 0 heterocycles. The van der Waals surface area contributed by atoms with E-state index >= 15 is 0 Å². The first-order chi connectivity index (χ1) is 5.27. The van der Waals surface area contributed by atoms with Crippen LogP contribution in [0.3, 0.4) is 0 Å². The normalized spacial score (nSPS) is 13.8. The van der Waals surface area contributed by atoms with Crippen LogP contribution in [0.25, 0.3) is 0 Å². The number of rotatable bonds is 2. The molecule has 0 aromatic carbocycles. The monoisotopic (exact) mass is 173 g/mol. The molecule has 1 atom stereocenters. The fourth-order valence-electron chi connectivity index (χ4n) is 0.501. The average Bonchev–Trinajstić information content (AvgIpc) is 1.85. The average molecular weight is 173 g/mol. The maximum atomic E-state index is 11.2. The van der Waals surface area contributed by atoms with E-state index in [0.717, 1.165) is 0 Å². The van der Waals surface area contributed by atoms with Gasteiger partial charge in [-0.1, -0.05) is 0 Å². The quantitative estimate of drug-likeness (QED) is 0.634. The Kier molecular flexibility index (Phi) is 3.52. The third-order valence-corrected chi connectivity index (χ3v) is 1.97. The summed E-state index contributed by atoms with van der Waals surface area (Å²) in [7, 11) is 3.40. The van der Waals surface area contributed by atoms with Crippen molar-refractivity contribution in [2.24, 2.45) is 5.73 Å². The van der Waals surface area contributed by atoms with Crippen LogP contribution in [0.1, 0.15) is 20.8 Å². The van der Waals surface area contributed by atoms with Crippen LogP contribution >= 0.6 is 0 Å². The van der Waals surface area contributed by atoms with Gasteiger partial charge >= 0.3 is 6.03 Å². The van der Waals surface area contributed by atoms with Gasteiger partial charge in [-0.3, -0.25) is 0 Å². The number of nitrogens with two attached hydrogens (primary N) is 1. The number of amides is 2. The third-order valence-electron chi connectivity index (χ3n) is 1.97. The van der Waals surface area contributed by atoms with Crippen molar-refractivity contribution in [3.63, 3.8) is 0 Å². The Bertz CT molecular complexity index is 164. The molecule has 0 fully saturated rings. The zero-order valence-electron chi connectivity index (χ0n) is 8.51. The van der Waals surface area contributed by atoms with E-state index in [-0.39, 0.29) is 17.6 Å². The SMILES string of the molecule is CC(N)C(C)(C)NC(=O)N(C)C. The summed E-state index contributed by atoms with van der Waals surface area (Å²) in [6, 6.07) is -0.182. The molecule has 2 amide bonds. The lowest BCUT2D eigenvalue weighted by molar-refractivity contribution is 0.201. The second-order valence-corrected chi connectivity index (χ2v) is 3.83. The molecule has 12 heavy (non-hydrogen) atoms. The summed E-state index contributed by atoms with van der Waals surface area (Å²) < 4.78 is 0. The number of nitrogens with zero attached hydrogens (tertiary/aromatic N) is 1. The second kappa shape index (κ2) is 3.76. The maximum absolute atomic E-state index is 11.2. The predicted octanol–water partition coefficient (Wildman–Crippen LogP) is 0.383. The predicted molar refractivity (Wildman–Crippen MR) is 49.9 cm³/mol. The third kappa shape index (κ3) is 3.09.